The lowest BCUT2D eigenvalue weighted by Crippen LogP contribution is -2.20. The topological polar surface area (TPSA) is 42.4 Å². The van der Waals surface area contributed by atoms with Gasteiger partial charge in [-0.05, 0) is 0 Å². The summed E-state index contributed by atoms with van der Waals surface area (Å²) in [4.78, 5) is 2.97. The predicted molar refractivity (Wildman–Crippen MR) is 41.8 cm³/mol. The van der Waals surface area contributed by atoms with E-state index in [4.69, 9.17) is 5.11 Å². The fraction of sp³-hybridized carbons (Fsp3) is 0.375. The summed E-state index contributed by atoms with van der Waals surface area (Å²) < 4.78 is 76.2. The first-order valence-electron chi connectivity index (χ1n) is 4.08. The Morgan fingerprint density at radius 2 is 1.94 bits per heavy atom. The summed E-state index contributed by atoms with van der Waals surface area (Å²) in [6.07, 6.45) is -8.38. The minimum absolute atomic E-state index is 0.116. The first-order chi connectivity index (χ1) is 7.74. The second-order valence-electron chi connectivity index (χ2n) is 2.81. The first kappa shape index (κ1) is 13.6. The summed E-state index contributed by atoms with van der Waals surface area (Å²) in [6.45, 7) is -1.16. The summed E-state index contributed by atoms with van der Waals surface area (Å²) in [7, 11) is 0. The second-order valence-corrected chi connectivity index (χ2v) is 2.81. The van der Waals surface area contributed by atoms with Gasteiger partial charge in [0.15, 0.2) is 11.6 Å². The number of aromatic nitrogens is 1. The van der Waals surface area contributed by atoms with E-state index in [0.717, 1.165) is 0 Å². The van der Waals surface area contributed by atoms with E-state index in [1.54, 1.807) is 0 Å². The molecule has 1 aromatic heterocycles. The van der Waals surface area contributed by atoms with Crippen LogP contribution in [0.5, 0.6) is 5.75 Å². The van der Waals surface area contributed by atoms with Crippen LogP contribution in [0, 0.1) is 5.82 Å². The van der Waals surface area contributed by atoms with Gasteiger partial charge in [0, 0.05) is 6.07 Å². The number of aliphatic hydroxyl groups is 1. The van der Waals surface area contributed by atoms with Gasteiger partial charge in [-0.2, -0.15) is 0 Å². The van der Waals surface area contributed by atoms with Gasteiger partial charge in [0.25, 0.3) is 6.43 Å². The van der Waals surface area contributed by atoms with Crippen LogP contribution in [0.2, 0.25) is 0 Å². The Balaban J connectivity index is 3.21. The van der Waals surface area contributed by atoms with E-state index in [-0.39, 0.29) is 6.07 Å². The van der Waals surface area contributed by atoms with Crippen LogP contribution < -0.4 is 4.74 Å². The fourth-order valence-electron chi connectivity index (χ4n) is 1.01. The third-order valence-electron chi connectivity index (χ3n) is 1.61. The standard InChI is InChI=1S/C8H5F6NO2/c9-3-1-4(7(10)11)15-5(2-16)6(3)17-8(12,13)14/h1,7,16H,2H2. The number of alkyl halides is 5. The van der Waals surface area contributed by atoms with Crippen molar-refractivity contribution in [3.63, 3.8) is 0 Å². The van der Waals surface area contributed by atoms with Crippen molar-refractivity contribution in [2.24, 2.45) is 0 Å². The van der Waals surface area contributed by atoms with Crippen molar-refractivity contribution in [2.45, 2.75) is 19.4 Å². The van der Waals surface area contributed by atoms with Crippen molar-refractivity contribution in [2.75, 3.05) is 0 Å². The zero-order valence-corrected chi connectivity index (χ0v) is 7.93. The van der Waals surface area contributed by atoms with Crippen molar-refractivity contribution >= 4 is 0 Å². The molecule has 0 aromatic carbocycles. The van der Waals surface area contributed by atoms with E-state index in [2.05, 4.69) is 9.72 Å². The van der Waals surface area contributed by atoms with Gasteiger partial charge in [-0.3, -0.25) is 0 Å². The van der Waals surface area contributed by atoms with Gasteiger partial charge in [-0.15, -0.1) is 13.2 Å². The van der Waals surface area contributed by atoms with E-state index < -0.39 is 42.3 Å². The van der Waals surface area contributed by atoms with E-state index in [0.29, 0.717) is 0 Å². The Labute approximate surface area is 90.6 Å². The molecule has 96 valence electrons. The number of aliphatic hydroxyl groups excluding tert-OH is 1. The van der Waals surface area contributed by atoms with Crippen molar-refractivity contribution in [1.82, 2.24) is 4.98 Å². The predicted octanol–water partition coefficient (Wildman–Crippen LogP) is 2.55. The Morgan fingerprint density at radius 1 is 1.35 bits per heavy atom. The Morgan fingerprint density at radius 3 is 2.35 bits per heavy atom. The van der Waals surface area contributed by atoms with E-state index in [9.17, 15) is 26.3 Å². The average molecular weight is 261 g/mol. The number of rotatable bonds is 3. The van der Waals surface area contributed by atoms with Crippen molar-refractivity contribution in [3.05, 3.63) is 23.3 Å². The van der Waals surface area contributed by atoms with Gasteiger partial charge in [-0.25, -0.2) is 18.2 Å². The quantitative estimate of drug-likeness (QED) is 0.850. The van der Waals surface area contributed by atoms with Crippen LogP contribution in [0.25, 0.3) is 0 Å². The van der Waals surface area contributed by atoms with Gasteiger partial charge >= 0.3 is 6.36 Å². The summed E-state index contributed by atoms with van der Waals surface area (Å²) in [5, 5.41) is 8.62. The molecule has 0 aliphatic heterocycles. The molecule has 0 atom stereocenters. The van der Waals surface area contributed by atoms with Crippen molar-refractivity contribution in [1.29, 1.82) is 0 Å². The molecule has 0 unspecified atom stereocenters. The molecular formula is C8H5F6NO2. The maximum atomic E-state index is 13.1. The van der Waals surface area contributed by atoms with Crippen LogP contribution in [0.1, 0.15) is 17.8 Å². The minimum atomic E-state index is -5.21. The van der Waals surface area contributed by atoms with E-state index in [1.165, 1.54) is 0 Å². The van der Waals surface area contributed by atoms with Crippen LogP contribution in [-0.4, -0.2) is 16.5 Å². The lowest BCUT2D eigenvalue weighted by Gasteiger charge is -2.13. The van der Waals surface area contributed by atoms with E-state index >= 15 is 0 Å². The van der Waals surface area contributed by atoms with Crippen LogP contribution in [0.15, 0.2) is 6.07 Å². The SMILES string of the molecule is OCc1nc(C(F)F)cc(F)c1OC(F)(F)F. The number of pyridine rings is 1. The average Bonchev–Trinajstić information content (AvgIpc) is 2.18. The highest BCUT2D eigenvalue weighted by Crippen LogP contribution is 2.30. The summed E-state index contributed by atoms with van der Waals surface area (Å²) in [6, 6.07) is 0.116. The highest BCUT2D eigenvalue weighted by atomic mass is 19.4. The fourth-order valence-corrected chi connectivity index (χ4v) is 1.01. The van der Waals surface area contributed by atoms with Crippen molar-refractivity contribution < 1.29 is 36.2 Å². The van der Waals surface area contributed by atoms with Crippen LogP contribution >= 0.6 is 0 Å². The van der Waals surface area contributed by atoms with Crippen LogP contribution in [0.4, 0.5) is 26.3 Å². The van der Waals surface area contributed by atoms with E-state index in [1.807, 2.05) is 0 Å². The lowest BCUT2D eigenvalue weighted by molar-refractivity contribution is -0.276. The second kappa shape index (κ2) is 4.78. The molecule has 0 saturated carbocycles. The summed E-state index contributed by atoms with van der Waals surface area (Å²) in [5.74, 6) is -3.08. The highest BCUT2D eigenvalue weighted by molar-refractivity contribution is 5.31. The maximum Gasteiger partial charge on any atom is 0.573 e. The van der Waals surface area contributed by atoms with Gasteiger partial charge in [0.05, 0.1) is 6.61 Å². The summed E-state index contributed by atoms with van der Waals surface area (Å²) in [5.41, 5.74) is -2.03. The Bertz CT molecular complexity index is 406. The molecule has 0 amide bonds. The Kier molecular flexibility index (Phi) is 3.81. The number of hydrogen-bond acceptors (Lipinski definition) is 3. The molecule has 0 radical (unpaired) electrons. The molecule has 3 nitrogen and oxygen atoms in total. The number of nitrogens with zero attached hydrogens (tertiary/aromatic N) is 1. The highest BCUT2D eigenvalue weighted by Gasteiger charge is 2.34. The molecule has 9 heteroatoms. The van der Waals surface area contributed by atoms with Crippen LogP contribution in [-0.2, 0) is 6.61 Å². The lowest BCUT2D eigenvalue weighted by atomic mass is 10.2. The third kappa shape index (κ3) is 3.48. The molecule has 0 aliphatic rings. The van der Waals surface area contributed by atoms with Gasteiger partial charge in [-0.1, -0.05) is 0 Å². The molecule has 1 N–H and O–H groups in total. The van der Waals surface area contributed by atoms with Crippen LogP contribution in [0.3, 0.4) is 0 Å². The van der Waals surface area contributed by atoms with Gasteiger partial charge in [0.1, 0.15) is 11.4 Å². The smallest absolute Gasteiger partial charge is 0.401 e. The van der Waals surface area contributed by atoms with Gasteiger partial charge in [0.2, 0.25) is 0 Å². The minimum Gasteiger partial charge on any atom is -0.401 e. The van der Waals surface area contributed by atoms with Gasteiger partial charge < -0.3 is 9.84 Å². The molecule has 0 spiro atoms. The number of halogens is 6. The molecule has 0 saturated heterocycles. The number of ether oxygens (including phenoxy) is 1. The van der Waals surface area contributed by atoms with Crippen molar-refractivity contribution in [3.8, 4) is 5.75 Å². The molecule has 0 aliphatic carbocycles. The molecule has 1 heterocycles. The zero-order valence-electron chi connectivity index (χ0n) is 7.93. The first-order valence-corrected chi connectivity index (χ1v) is 4.08. The molecule has 0 fully saturated rings. The molecular weight excluding hydrogens is 256 g/mol. The monoisotopic (exact) mass is 261 g/mol. The largest absolute Gasteiger partial charge is 0.573 e. The molecule has 17 heavy (non-hydrogen) atoms. The molecule has 1 rings (SSSR count). The maximum absolute atomic E-state index is 13.1. The normalized spacial score (nSPS) is 12.0. The Hall–Kier alpha value is -1.51. The number of hydrogen-bond donors (Lipinski definition) is 1. The third-order valence-corrected chi connectivity index (χ3v) is 1.61. The zero-order chi connectivity index (χ0) is 13.2. The molecule has 0 bridgehead atoms. The summed E-state index contributed by atoms with van der Waals surface area (Å²) >= 11 is 0. The molecule has 1 aromatic rings.